The number of hydrogen-bond donors (Lipinski definition) is 1. The van der Waals surface area contributed by atoms with Crippen molar-refractivity contribution < 1.29 is 0 Å². The first-order valence-corrected chi connectivity index (χ1v) is 5.48. The van der Waals surface area contributed by atoms with Crippen LogP contribution in [0.25, 0.3) is 0 Å². The summed E-state index contributed by atoms with van der Waals surface area (Å²) in [5.41, 5.74) is 5.94. The highest BCUT2D eigenvalue weighted by atomic mass is 14.6. The van der Waals surface area contributed by atoms with Crippen LogP contribution >= 0.6 is 0 Å². The maximum Gasteiger partial charge on any atom is 0.00388 e. The van der Waals surface area contributed by atoms with Gasteiger partial charge in [-0.15, -0.1) is 0 Å². The average Bonchev–Trinajstić information content (AvgIpc) is 2.09. The van der Waals surface area contributed by atoms with E-state index in [1.165, 1.54) is 32.1 Å². The van der Waals surface area contributed by atoms with E-state index in [0.29, 0.717) is 6.04 Å². The Kier molecular flexibility index (Phi) is 4.07. The van der Waals surface area contributed by atoms with E-state index in [0.717, 1.165) is 18.3 Å². The van der Waals surface area contributed by atoms with E-state index < -0.39 is 0 Å². The molecule has 72 valence electrons. The molecule has 1 aliphatic rings. The highest BCUT2D eigenvalue weighted by Crippen LogP contribution is 2.30. The van der Waals surface area contributed by atoms with Gasteiger partial charge in [-0.1, -0.05) is 39.5 Å². The Bertz CT molecular complexity index is 114. The van der Waals surface area contributed by atoms with Crippen molar-refractivity contribution in [2.45, 2.75) is 58.4 Å². The fourth-order valence-electron chi connectivity index (χ4n) is 2.16. The molecule has 0 aromatic carbocycles. The van der Waals surface area contributed by atoms with E-state index in [-0.39, 0.29) is 0 Å². The van der Waals surface area contributed by atoms with E-state index in [1.807, 2.05) is 0 Å². The summed E-state index contributed by atoms with van der Waals surface area (Å²) in [4.78, 5) is 0. The molecule has 0 aromatic heterocycles. The lowest BCUT2D eigenvalue weighted by atomic mass is 9.80. The van der Waals surface area contributed by atoms with E-state index in [4.69, 9.17) is 5.73 Å². The molecule has 0 amide bonds. The molecule has 0 spiro atoms. The zero-order valence-corrected chi connectivity index (χ0v) is 8.55. The van der Waals surface area contributed by atoms with Crippen LogP contribution in [0.2, 0.25) is 0 Å². The Morgan fingerprint density at radius 3 is 2.33 bits per heavy atom. The third kappa shape index (κ3) is 3.14. The molecule has 1 saturated carbocycles. The standard InChI is InChI=1S/C11H23N/c1-3-11(12)8-10-6-4-9(2)5-7-10/h9-11H,3-8,12H2,1-2H3. The summed E-state index contributed by atoms with van der Waals surface area (Å²) in [6.07, 6.45) is 8.13. The molecular formula is C11H23N. The second kappa shape index (κ2) is 4.86. The second-order valence-corrected chi connectivity index (χ2v) is 4.53. The van der Waals surface area contributed by atoms with E-state index in [1.54, 1.807) is 0 Å². The molecule has 1 unspecified atom stereocenters. The molecule has 1 atom stereocenters. The van der Waals surface area contributed by atoms with E-state index >= 15 is 0 Å². The van der Waals surface area contributed by atoms with Gasteiger partial charge in [-0.2, -0.15) is 0 Å². The number of rotatable bonds is 3. The summed E-state index contributed by atoms with van der Waals surface area (Å²) in [5, 5.41) is 0. The lowest BCUT2D eigenvalue weighted by molar-refractivity contribution is 0.263. The molecule has 1 nitrogen and oxygen atoms in total. The summed E-state index contributed by atoms with van der Waals surface area (Å²) >= 11 is 0. The topological polar surface area (TPSA) is 26.0 Å². The average molecular weight is 169 g/mol. The van der Waals surface area contributed by atoms with Crippen molar-refractivity contribution in [1.82, 2.24) is 0 Å². The van der Waals surface area contributed by atoms with Gasteiger partial charge >= 0.3 is 0 Å². The van der Waals surface area contributed by atoms with Crippen molar-refractivity contribution in [3.63, 3.8) is 0 Å². The normalized spacial score (nSPS) is 33.2. The largest absolute Gasteiger partial charge is 0.328 e. The Balaban J connectivity index is 2.17. The van der Waals surface area contributed by atoms with Crippen LogP contribution in [0.5, 0.6) is 0 Å². The van der Waals surface area contributed by atoms with Crippen molar-refractivity contribution >= 4 is 0 Å². The molecule has 1 heteroatoms. The SMILES string of the molecule is CCC(N)CC1CCC(C)CC1. The van der Waals surface area contributed by atoms with E-state index in [9.17, 15) is 0 Å². The molecule has 0 aromatic rings. The summed E-state index contributed by atoms with van der Waals surface area (Å²) in [6, 6.07) is 0.461. The molecule has 0 aliphatic heterocycles. The van der Waals surface area contributed by atoms with Crippen LogP contribution in [0.1, 0.15) is 52.4 Å². The Hall–Kier alpha value is -0.0400. The van der Waals surface area contributed by atoms with Crippen molar-refractivity contribution in [2.75, 3.05) is 0 Å². The van der Waals surface area contributed by atoms with Crippen LogP contribution in [0.3, 0.4) is 0 Å². The third-order valence-corrected chi connectivity index (χ3v) is 3.30. The molecule has 0 bridgehead atoms. The summed E-state index contributed by atoms with van der Waals surface area (Å²) < 4.78 is 0. The van der Waals surface area contributed by atoms with Crippen molar-refractivity contribution in [1.29, 1.82) is 0 Å². The van der Waals surface area contributed by atoms with Crippen molar-refractivity contribution in [3.8, 4) is 0 Å². The predicted molar refractivity (Wildman–Crippen MR) is 54.0 cm³/mol. The summed E-state index contributed by atoms with van der Waals surface area (Å²) in [6.45, 7) is 4.56. The van der Waals surface area contributed by atoms with Crippen molar-refractivity contribution in [2.24, 2.45) is 17.6 Å². The molecular weight excluding hydrogens is 146 g/mol. The highest BCUT2D eigenvalue weighted by Gasteiger charge is 2.19. The predicted octanol–water partition coefficient (Wildman–Crippen LogP) is 2.94. The molecule has 2 N–H and O–H groups in total. The Labute approximate surface area is 76.7 Å². The van der Waals surface area contributed by atoms with Gasteiger partial charge in [0, 0.05) is 6.04 Å². The van der Waals surface area contributed by atoms with Gasteiger partial charge in [-0.3, -0.25) is 0 Å². The lowest BCUT2D eigenvalue weighted by Gasteiger charge is -2.27. The van der Waals surface area contributed by atoms with Gasteiger partial charge < -0.3 is 5.73 Å². The van der Waals surface area contributed by atoms with Crippen LogP contribution in [-0.4, -0.2) is 6.04 Å². The molecule has 0 heterocycles. The summed E-state index contributed by atoms with van der Waals surface area (Å²) in [5.74, 6) is 1.91. The Morgan fingerprint density at radius 1 is 1.25 bits per heavy atom. The maximum absolute atomic E-state index is 5.94. The van der Waals surface area contributed by atoms with Gasteiger partial charge in [-0.05, 0) is 24.7 Å². The second-order valence-electron chi connectivity index (χ2n) is 4.53. The van der Waals surface area contributed by atoms with Gasteiger partial charge in [-0.25, -0.2) is 0 Å². The molecule has 0 radical (unpaired) electrons. The van der Waals surface area contributed by atoms with Crippen molar-refractivity contribution in [3.05, 3.63) is 0 Å². The number of nitrogens with two attached hydrogens (primary N) is 1. The monoisotopic (exact) mass is 169 g/mol. The van der Waals surface area contributed by atoms with E-state index in [2.05, 4.69) is 13.8 Å². The first kappa shape index (κ1) is 10.0. The summed E-state index contributed by atoms with van der Waals surface area (Å²) in [7, 11) is 0. The zero-order chi connectivity index (χ0) is 8.97. The fourth-order valence-corrected chi connectivity index (χ4v) is 2.16. The highest BCUT2D eigenvalue weighted by molar-refractivity contribution is 4.73. The maximum atomic E-state index is 5.94. The van der Waals surface area contributed by atoms with Crippen LogP contribution in [0, 0.1) is 11.8 Å². The van der Waals surface area contributed by atoms with Gasteiger partial charge in [0.25, 0.3) is 0 Å². The third-order valence-electron chi connectivity index (χ3n) is 3.30. The van der Waals surface area contributed by atoms with Crippen LogP contribution in [0.4, 0.5) is 0 Å². The van der Waals surface area contributed by atoms with Gasteiger partial charge in [0.2, 0.25) is 0 Å². The van der Waals surface area contributed by atoms with Gasteiger partial charge in [0.1, 0.15) is 0 Å². The van der Waals surface area contributed by atoms with Gasteiger partial charge in [0.15, 0.2) is 0 Å². The minimum atomic E-state index is 0.461. The molecule has 1 aliphatic carbocycles. The molecule has 0 saturated heterocycles. The molecule has 12 heavy (non-hydrogen) atoms. The zero-order valence-electron chi connectivity index (χ0n) is 8.55. The van der Waals surface area contributed by atoms with Crippen LogP contribution in [0.15, 0.2) is 0 Å². The fraction of sp³-hybridized carbons (Fsp3) is 1.00. The van der Waals surface area contributed by atoms with Gasteiger partial charge in [0.05, 0.1) is 0 Å². The minimum absolute atomic E-state index is 0.461. The Morgan fingerprint density at radius 2 is 1.83 bits per heavy atom. The first-order valence-electron chi connectivity index (χ1n) is 5.48. The smallest absolute Gasteiger partial charge is 0.00388 e. The quantitative estimate of drug-likeness (QED) is 0.690. The minimum Gasteiger partial charge on any atom is -0.328 e. The molecule has 1 fully saturated rings. The molecule has 1 rings (SSSR count). The lowest BCUT2D eigenvalue weighted by Crippen LogP contribution is -2.24. The first-order chi connectivity index (χ1) is 5.72. The van der Waals surface area contributed by atoms with Crippen LogP contribution < -0.4 is 5.73 Å². The number of hydrogen-bond acceptors (Lipinski definition) is 1. The van der Waals surface area contributed by atoms with Crippen LogP contribution in [-0.2, 0) is 0 Å².